The van der Waals surface area contributed by atoms with Gasteiger partial charge in [-0.3, -0.25) is 4.79 Å². The third kappa shape index (κ3) is 6.19. The molecule has 1 amide bonds. The Hall–Kier alpha value is -1.73. The van der Waals surface area contributed by atoms with E-state index in [0.717, 1.165) is 38.7 Å². The molecular weight excluding hydrogens is 470 g/mol. The predicted molar refractivity (Wildman–Crippen MR) is 126 cm³/mol. The van der Waals surface area contributed by atoms with E-state index >= 15 is 0 Å². The summed E-state index contributed by atoms with van der Waals surface area (Å²) in [6.45, 7) is 2.66. The number of benzene rings is 1. The monoisotopic (exact) mass is 497 g/mol. The number of carbonyl (C=O) groups is 1. The van der Waals surface area contributed by atoms with Gasteiger partial charge in [0.2, 0.25) is 21.1 Å². The molecule has 2 aromatic rings. The number of carbonyl (C=O) groups excluding carboxylic acids is 1. The molecule has 2 fully saturated rings. The fourth-order valence-electron chi connectivity index (χ4n) is 3.63. The Kier molecular flexibility index (Phi) is 8.00. The summed E-state index contributed by atoms with van der Waals surface area (Å²) in [5, 5.41) is 14.9. The number of amides is 1. The quantitative estimate of drug-likeness (QED) is 0.508. The number of piperidine rings is 1. The SMILES string of the molecule is O=C(CSc1nnc(NC[C@H]2CCCO2)s1)Nc1ccc(S(=O)(=O)N2CCCCC2)cc1. The number of nitrogens with one attached hydrogen (secondary N) is 2. The molecule has 0 spiro atoms. The van der Waals surface area contributed by atoms with E-state index in [-0.39, 0.29) is 22.7 Å². The zero-order valence-electron chi connectivity index (χ0n) is 17.7. The Labute approximate surface area is 196 Å². The molecule has 4 rings (SSSR count). The molecular formula is C20H27N5O4S3. The van der Waals surface area contributed by atoms with Crippen LogP contribution in [0.4, 0.5) is 10.8 Å². The van der Waals surface area contributed by atoms with Crippen molar-refractivity contribution in [3.05, 3.63) is 24.3 Å². The van der Waals surface area contributed by atoms with E-state index in [1.807, 2.05) is 0 Å². The Morgan fingerprint density at radius 2 is 1.94 bits per heavy atom. The smallest absolute Gasteiger partial charge is 0.243 e. The van der Waals surface area contributed by atoms with Gasteiger partial charge in [-0.1, -0.05) is 29.5 Å². The van der Waals surface area contributed by atoms with Crippen LogP contribution in [0.25, 0.3) is 0 Å². The first-order valence-corrected chi connectivity index (χ1v) is 14.0. The highest BCUT2D eigenvalue weighted by Crippen LogP contribution is 2.26. The van der Waals surface area contributed by atoms with Gasteiger partial charge in [0.15, 0.2) is 4.34 Å². The van der Waals surface area contributed by atoms with Crippen LogP contribution in [0.1, 0.15) is 32.1 Å². The zero-order valence-corrected chi connectivity index (χ0v) is 20.1. The van der Waals surface area contributed by atoms with Crippen molar-refractivity contribution in [3.63, 3.8) is 0 Å². The van der Waals surface area contributed by atoms with E-state index in [1.54, 1.807) is 24.3 Å². The lowest BCUT2D eigenvalue weighted by atomic mass is 10.2. The molecule has 32 heavy (non-hydrogen) atoms. The zero-order chi connectivity index (χ0) is 22.4. The molecule has 9 nitrogen and oxygen atoms in total. The first-order chi connectivity index (χ1) is 15.5. The second-order valence-electron chi connectivity index (χ2n) is 7.72. The molecule has 12 heteroatoms. The Bertz CT molecular complexity index is 1000. The summed E-state index contributed by atoms with van der Waals surface area (Å²) in [5.41, 5.74) is 0.560. The van der Waals surface area contributed by atoms with Crippen LogP contribution < -0.4 is 10.6 Å². The molecule has 174 valence electrons. The summed E-state index contributed by atoms with van der Waals surface area (Å²) in [7, 11) is -3.47. The van der Waals surface area contributed by atoms with Gasteiger partial charge < -0.3 is 15.4 Å². The lowest BCUT2D eigenvalue weighted by Gasteiger charge is -2.25. The number of sulfonamides is 1. The maximum Gasteiger partial charge on any atom is 0.243 e. The van der Waals surface area contributed by atoms with Crippen LogP contribution in [0.2, 0.25) is 0 Å². The topological polar surface area (TPSA) is 114 Å². The highest BCUT2D eigenvalue weighted by atomic mass is 32.2. The molecule has 2 aliphatic heterocycles. The molecule has 2 saturated heterocycles. The fourth-order valence-corrected chi connectivity index (χ4v) is 6.71. The molecule has 1 atom stereocenters. The van der Waals surface area contributed by atoms with E-state index in [4.69, 9.17) is 4.74 Å². The van der Waals surface area contributed by atoms with Crippen molar-refractivity contribution in [1.29, 1.82) is 0 Å². The highest BCUT2D eigenvalue weighted by molar-refractivity contribution is 8.01. The van der Waals surface area contributed by atoms with Crippen molar-refractivity contribution >= 4 is 49.8 Å². The molecule has 1 aromatic heterocycles. The van der Waals surface area contributed by atoms with Crippen molar-refractivity contribution < 1.29 is 17.9 Å². The van der Waals surface area contributed by atoms with E-state index in [2.05, 4.69) is 20.8 Å². The fraction of sp³-hybridized carbons (Fsp3) is 0.550. The maximum absolute atomic E-state index is 12.7. The minimum Gasteiger partial charge on any atom is -0.376 e. The Morgan fingerprint density at radius 1 is 1.16 bits per heavy atom. The lowest BCUT2D eigenvalue weighted by Crippen LogP contribution is -2.35. The number of rotatable bonds is 9. The van der Waals surface area contributed by atoms with Gasteiger partial charge in [0.05, 0.1) is 16.8 Å². The molecule has 1 aromatic carbocycles. The van der Waals surface area contributed by atoms with Gasteiger partial charge in [0.1, 0.15) is 0 Å². The molecule has 0 radical (unpaired) electrons. The minimum atomic E-state index is -3.47. The van der Waals surface area contributed by atoms with Crippen molar-refractivity contribution in [2.45, 2.75) is 47.4 Å². The number of hydrogen-bond acceptors (Lipinski definition) is 9. The van der Waals surface area contributed by atoms with Gasteiger partial charge in [-0.15, -0.1) is 10.2 Å². The minimum absolute atomic E-state index is 0.189. The number of anilines is 2. The molecule has 0 aliphatic carbocycles. The molecule has 0 unspecified atom stereocenters. The second kappa shape index (κ2) is 10.9. The number of thioether (sulfide) groups is 1. The largest absolute Gasteiger partial charge is 0.376 e. The van der Waals surface area contributed by atoms with Gasteiger partial charge in [0, 0.05) is 31.9 Å². The van der Waals surface area contributed by atoms with Crippen LogP contribution >= 0.6 is 23.1 Å². The molecule has 0 saturated carbocycles. The van der Waals surface area contributed by atoms with Crippen molar-refractivity contribution in [3.8, 4) is 0 Å². The molecule has 3 heterocycles. The summed E-state index contributed by atoms with van der Waals surface area (Å²) in [6.07, 6.45) is 5.23. The predicted octanol–water partition coefficient (Wildman–Crippen LogP) is 3.03. The van der Waals surface area contributed by atoms with Gasteiger partial charge in [-0.25, -0.2) is 8.42 Å². The summed E-state index contributed by atoms with van der Waals surface area (Å²) < 4.78 is 33.2. The van der Waals surface area contributed by atoms with Crippen LogP contribution in [0.15, 0.2) is 33.5 Å². The van der Waals surface area contributed by atoms with E-state index in [0.29, 0.717) is 34.8 Å². The Balaban J connectivity index is 1.23. The van der Waals surface area contributed by atoms with Crippen molar-refractivity contribution in [2.75, 3.05) is 42.6 Å². The number of aromatic nitrogens is 2. The van der Waals surface area contributed by atoms with Crippen LogP contribution in [-0.2, 0) is 19.6 Å². The third-order valence-electron chi connectivity index (χ3n) is 5.33. The first kappa shape index (κ1) is 23.4. The summed E-state index contributed by atoms with van der Waals surface area (Å²) >= 11 is 2.72. The summed E-state index contributed by atoms with van der Waals surface area (Å²) in [5.74, 6) is -0.000477. The molecule has 2 N–H and O–H groups in total. The van der Waals surface area contributed by atoms with Crippen LogP contribution in [0.3, 0.4) is 0 Å². The van der Waals surface area contributed by atoms with Gasteiger partial charge >= 0.3 is 0 Å². The van der Waals surface area contributed by atoms with Gasteiger partial charge in [-0.2, -0.15) is 4.31 Å². The van der Waals surface area contributed by atoms with Crippen LogP contribution in [0, 0.1) is 0 Å². The van der Waals surface area contributed by atoms with Crippen molar-refractivity contribution in [1.82, 2.24) is 14.5 Å². The average Bonchev–Trinajstić information content (AvgIpc) is 3.49. The van der Waals surface area contributed by atoms with Crippen molar-refractivity contribution in [2.24, 2.45) is 0 Å². The van der Waals surface area contributed by atoms with E-state index in [1.165, 1.54) is 27.4 Å². The average molecular weight is 498 g/mol. The standard InChI is InChI=1S/C20H27N5O4S3/c26-18(14-30-20-24-23-19(31-20)21-13-16-5-4-12-29-16)22-15-6-8-17(9-7-15)32(27,28)25-10-2-1-3-11-25/h6-9,16H,1-5,10-14H2,(H,21,23)(H,22,26)/t16-/m1/s1. The van der Waals surface area contributed by atoms with Gasteiger partial charge in [0.25, 0.3) is 0 Å². The Morgan fingerprint density at radius 3 is 2.66 bits per heavy atom. The van der Waals surface area contributed by atoms with E-state index < -0.39 is 10.0 Å². The molecule has 2 aliphatic rings. The van der Waals surface area contributed by atoms with E-state index in [9.17, 15) is 13.2 Å². The van der Waals surface area contributed by atoms with Crippen LogP contribution in [-0.4, -0.2) is 66.9 Å². The van der Waals surface area contributed by atoms with Gasteiger partial charge in [-0.05, 0) is 49.9 Å². The number of hydrogen-bond donors (Lipinski definition) is 2. The van der Waals surface area contributed by atoms with Crippen LogP contribution in [0.5, 0.6) is 0 Å². The summed E-state index contributed by atoms with van der Waals surface area (Å²) in [6, 6.07) is 6.34. The summed E-state index contributed by atoms with van der Waals surface area (Å²) in [4.78, 5) is 12.5. The molecule has 0 bridgehead atoms. The normalized spacial score (nSPS) is 19.7. The maximum atomic E-state index is 12.7. The first-order valence-electron chi connectivity index (χ1n) is 10.7. The number of nitrogens with zero attached hydrogens (tertiary/aromatic N) is 3. The highest BCUT2D eigenvalue weighted by Gasteiger charge is 2.25. The lowest BCUT2D eigenvalue weighted by molar-refractivity contribution is -0.113. The third-order valence-corrected chi connectivity index (χ3v) is 9.26. The number of ether oxygens (including phenoxy) is 1. The second-order valence-corrected chi connectivity index (χ2v) is 11.9.